The second kappa shape index (κ2) is 6.00. The Morgan fingerprint density at radius 1 is 1.08 bits per heavy atom. The van der Waals surface area contributed by atoms with Crippen molar-refractivity contribution < 1.29 is 9.55 Å². The van der Waals surface area contributed by atoms with Crippen molar-refractivity contribution in [1.82, 2.24) is 15.3 Å². The van der Waals surface area contributed by atoms with Gasteiger partial charge >= 0.3 is 5.69 Å². The van der Waals surface area contributed by atoms with Crippen LogP contribution in [0.2, 0.25) is 0 Å². The molecule has 0 spiro atoms. The molecule has 2 aromatic heterocycles. The maximum Gasteiger partial charge on any atom is 0.300 e. The first-order valence-electron chi connectivity index (χ1n) is 7.96. The summed E-state index contributed by atoms with van der Waals surface area (Å²) in [5.41, 5.74) is 2.47. The molecule has 0 atom stereocenters. The summed E-state index contributed by atoms with van der Waals surface area (Å²) in [4.78, 5) is 19.5. The van der Waals surface area contributed by atoms with Gasteiger partial charge in [0.1, 0.15) is 5.82 Å². The number of nitrogens with zero attached hydrogens (tertiary/aromatic N) is 6. The van der Waals surface area contributed by atoms with Gasteiger partial charge in [-0.25, -0.2) is 9.61 Å². The van der Waals surface area contributed by atoms with E-state index in [2.05, 4.69) is 38.1 Å². The highest BCUT2D eigenvalue weighted by Crippen LogP contribution is 2.32. The van der Waals surface area contributed by atoms with Gasteiger partial charge in [0.25, 0.3) is 0 Å². The lowest BCUT2D eigenvalue weighted by atomic mass is 10.2. The van der Waals surface area contributed by atoms with E-state index in [9.17, 15) is 10.1 Å². The van der Waals surface area contributed by atoms with Crippen LogP contribution in [0.5, 0.6) is 0 Å². The fourth-order valence-corrected chi connectivity index (χ4v) is 3.21. The van der Waals surface area contributed by atoms with Gasteiger partial charge in [-0.15, -0.1) is 0 Å². The van der Waals surface area contributed by atoms with Gasteiger partial charge in [-0.05, 0) is 34.9 Å². The average Bonchev–Trinajstić information content (AvgIpc) is 3.11. The molecule has 0 unspecified atom stereocenters. The van der Waals surface area contributed by atoms with E-state index in [0.717, 1.165) is 43.2 Å². The molecule has 4 rings (SSSR count). The summed E-state index contributed by atoms with van der Waals surface area (Å²) < 4.78 is 4.74. The number of pyridine rings is 1. The minimum Gasteiger partial charge on any atom is -0.366 e. The van der Waals surface area contributed by atoms with Crippen molar-refractivity contribution in [2.75, 3.05) is 36.0 Å². The topological polar surface area (TPSA) is 101 Å². The molecule has 9 nitrogen and oxygen atoms in total. The molecule has 1 saturated heterocycles. The highest BCUT2D eigenvalue weighted by atomic mass is 16.6. The van der Waals surface area contributed by atoms with E-state index in [4.69, 9.17) is 4.63 Å². The third kappa shape index (κ3) is 2.63. The van der Waals surface area contributed by atoms with Crippen molar-refractivity contribution in [1.29, 1.82) is 0 Å². The smallest absolute Gasteiger partial charge is 0.300 e. The predicted molar refractivity (Wildman–Crippen MR) is 91.9 cm³/mol. The van der Waals surface area contributed by atoms with E-state index in [1.165, 1.54) is 6.07 Å². The molecular formula is C16H16N6O3. The molecule has 0 saturated carbocycles. The molecular weight excluding hydrogens is 324 g/mol. The van der Waals surface area contributed by atoms with E-state index < -0.39 is 4.92 Å². The Balaban J connectivity index is 1.58. The zero-order chi connectivity index (χ0) is 17.4. The number of benzene rings is 1. The Morgan fingerprint density at radius 2 is 1.80 bits per heavy atom. The van der Waals surface area contributed by atoms with Crippen LogP contribution in [-0.4, -0.2) is 46.4 Å². The molecule has 25 heavy (non-hydrogen) atoms. The minimum atomic E-state index is -0.474. The third-order valence-corrected chi connectivity index (χ3v) is 4.47. The molecule has 0 radical (unpaired) electrons. The van der Waals surface area contributed by atoms with Crippen LogP contribution in [0.1, 0.15) is 5.56 Å². The van der Waals surface area contributed by atoms with E-state index in [-0.39, 0.29) is 11.2 Å². The zero-order valence-corrected chi connectivity index (χ0v) is 13.6. The van der Waals surface area contributed by atoms with Crippen molar-refractivity contribution in [3.05, 3.63) is 46.1 Å². The standard InChI is InChI=1S/C16H16N6O3/c1-11-3-2-6-17-16(11)21-9-7-20(8-10-21)12-4-5-13(22(23)24)15-14(12)18-25-19-15/h2-6H,7-10H2,1H3. The van der Waals surface area contributed by atoms with Crippen LogP contribution in [0, 0.1) is 17.0 Å². The number of nitro groups is 1. The normalized spacial score (nSPS) is 14.9. The van der Waals surface area contributed by atoms with Crippen molar-refractivity contribution in [3.8, 4) is 0 Å². The van der Waals surface area contributed by atoms with Crippen LogP contribution >= 0.6 is 0 Å². The first kappa shape index (κ1) is 15.3. The van der Waals surface area contributed by atoms with Crippen LogP contribution in [-0.2, 0) is 0 Å². The number of hydrogen-bond acceptors (Lipinski definition) is 8. The monoisotopic (exact) mass is 340 g/mol. The Morgan fingerprint density at radius 3 is 2.52 bits per heavy atom. The summed E-state index contributed by atoms with van der Waals surface area (Å²) in [7, 11) is 0. The second-order valence-electron chi connectivity index (χ2n) is 5.94. The number of piperazine rings is 1. The van der Waals surface area contributed by atoms with Crippen LogP contribution in [0.15, 0.2) is 35.1 Å². The number of non-ortho nitro benzene ring substituents is 1. The molecule has 3 heterocycles. The first-order valence-corrected chi connectivity index (χ1v) is 7.96. The van der Waals surface area contributed by atoms with Crippen molar-refractivity contribution >= 4 is 28.2 Å². The minimum absolute atomic E-state index is 0.0947. The van der Waals surface area contributed by atoms with E-state index >= 15 is 0 Å². The number of hydrogen-bond donors (Lipinski definition) is 0. The number of aryl methyl sites for hydroxylation is 1. The number of anilines is 2. The summed E-state index contributed by atoms with van der Waals surface area (Å²) in [5.74, 6) is 0.999. The van der Waals surface area contributed by atoms with Crippen molar-refractivity contribution in [2.45, 2.75) is 6.92 Å². The predicted octanol–water partition coefficient (Wildman–Crippen LogP) is 2.16. The van der Waals surface area contributed by atoms with Gasteiger partial charge in [0.15, 0.2) is 5.52 Å². The number of nitro benzene ring substituents is 1. The second-order valence-corrected chi connectivity index (χ2v) is 5.94. The van der Waals surface area contributed by atoms with Gasteiger partial charge < -0.3 is 9.80 Å². The maximum absolute atomic E-state index is 11.1. The molecule has 1 fully saturated rings. The fourth-order valence-electron chi connectivity index (χ4n) is 3.21. The quantitative estimate of drug-likeness (QED) is 0.528. The fraction of sp³-hybridized carbons (Fsp3) is 0.312. The van der Waals surface area contributed by atoms with E-state index in [1.807, 2.05) is 6.07 Å². The van der Waals surface area contributed by atoms with Gasteiger partial charge in [-0.1, -0.05) is 6.07 Å². The Labute approximate surface area is 143 Å². The van der Waals surface area contributed by atoms with E-state index in [1.54, 1.807) is 12.3 Å². The Kier molecular flexibility index (Phi) is 3.68. The molecule has 0 bridgehead atoms. The summed E-state index contributed by atoms with van der Waals surface area (Å²) >= 11 is 0. The summed E-state index contributed by atoms with van der Waals surface area (Å²) in [6.45, 7) is 5.18. The zero-order valence-electron chi connectivity index (χ0n) is 13.6. The lowest BCUT2D eigenvalue weighted by Gasteiger charge is -2.37. The molecule has 9 heteroatoms. The van der Waals surface area contributed by atoms with Crippen LogP contribution in [0.25, 0.3) is 11.0 Å². The average molecular weight is 340 g/mol. The number of fused-ring (bicyclic) bond motifs is 1. The van der Waals surface area contributed by atoms with Gasteiger partial charge in [-0.3, -0.25) is 10.1 Å². The molecule has 1 aliphatic heterocycles. The first-order chi connectivity index (χ1) is 12.1. The molecule has 1 aromatic carbocycles. The SMILES string of the molecule is Cc1cccnc1N1CCN(c2ccc([N+](=O)[O-])c3nonc23)CC1. The molecule has 0 amide bonds. The molecule has 3 aromatic rings. The lowest BCUT2D eigenvalue weighted by Crippen LogP contribution is -2.47. The molecule has 0 aliphatic carbocycles. The Hall–Kier alpha value is -3.23. The van der Waals surface area contributed by atoms with Crippen molar-refractivity contribution in [3.63, 3.8) is 0 Å². The third-order valence-electron chi connectivity index (χ3n) is 4.47. The van der Waals surface area contributed by atoms with Gasteiger partial charge in [0.05, 0.1) is 10.6 Å². The molecule has 1 aliphatic rings. The van der Waals surface area contributed by atoms with E-state index in [0.29, 0.717) is 5.52 Å². The van der Waals surface area contributed by atoms with Gasteiger partial charge in [-0.2, -0.15) is 0 Å². The number of aromatic nitrogens is 3. The van der Waals surface area contributed by atoms with Gasteiger partial charge in [0.2, 0.25) is 5.52 Å². The summed E-state index contributed by atoms with van der Waals surface area (Å²) in [5, 5.41) is 18.7. The van der Waals surface area contributed by atoms with Gasteiger partial charge in [0, 0.05) is 38.4 Å². The summed E-state index contributed by atoms with van der Waals surface area (Å²) in [6.07, 6.45) is 1.80. The van der Waals surface area contributed by atoms with Crippen molar-refractivity contribution in [2.24, 2.45) is 0 Å². The van der Waals surface area contributed by atoms with Crippen LogP contribution in [0.4, 0.5) is 17.2 Å². The molecule has 128 valence electrons. The number of rotatable bonds is 3. The highest BCUT2D eigenvalue weighted by molar-refractivity contribution is 5.93. The largest absolute Gasteiger partial charge is 0.366 e. The van der Waals surface area contributed by atoms with Crippen LogP contribution in [0.3, 0.4) is 0 Å². The lowest BCUT2D eigenvalue weighted by molar-refractivity contribution is -0.383. The Bertz CT molecular complexity index is 933. The molecule has 0 N–H and O–H groups in total. The summed E-state index contributed by atoms with van der Waals surface area (Å²) in [6, 6.07) is 7.15. The highest BCUT2D eigenvalue weighted by Gasteiger charge is 2.25. The maximum atomic E-state index is 11.1. The van der Waals surface area contributed by atoms with Crippen LogP contribution < -0.4 is 9.80 Å².